The molecule has 1 aromatic heterocycles. The lowest BCUT2D eigenvalue weighted by Gasteiger charge is -2.07. The Morgan fingerprint density at radius 2 is 2.00 bits per heavy atom. The number of anilines is 1. The highest BCUT2D eigenvalue weighted by molar-refractivity contribution is 7.15. The molecule has 2 N–H and O–H groups in total. The van der Waals surface area contributed by atoms with Gasteiger partial charge in [0.1, 0.15) is 0 Å². The van der Waals surface area contributed by atoms with E-state index in [4.69, 9.17) is 4.74 Å². The highest BCUT2D eigenvalue weighted by atomic mass is 32.1. The molecule has 112 valence electrons. The van der Waals surface area contributed by atoms with Gasteiger partial charge in [-0.1, -0.05) is 0 Å². The maximum absolute atomic E-state index is 11.6. The molecule has 1 rings (SSSR count). The highest BCUT2D eigenvalue weighted by Gasteiger charge is 2.15. The van der Waals surface area contributed by atoms with Crippen molar-refractivity contribution in [2.24, 2.45) is 0 Å². The first kappa shape index (κ1) is 16.6. The van der Waals surface area contributed by atoms with Crippen LogP contribution in [0.1, 0.15) is 30.8 Å². The quantitative estimate of drug-likeness (QED) is 0.618. The number of hydrogen-bond donors (Lipinski definition) is 2. The maximum atomic E-state index is 11.6. The van der Waals surface area contributed by atoms with Crippen molar-refractivity contribution in [3.8, 4) is 0 Å². The van der Waals surface area contributed by atoms with Crippen molar-refractivity contribution in [3.05, 3.63) is 10.6 Å². The van der Waals surface area contributed by atoms with E-state index in [2.05, 4.69) is 15.6 Å². The maximum Gasteiger partial charge on any atom is 0.315 e. The second-order valence-corrected chi connectivity index (χ2v) is 5.85. The van der Waals surface area contributed by atoms with Crippen molar-refractivity contribution in [1.82, 2.24) is 10.3 Å². The Morgan fingerprint density at radius 1 is 1.30 bits per heavy atom. The van der Waals surface area contributed by atoms with Crippen LogP contribution < -0.4 is 10.6 Å². The summed E-state index contributed by atoms with van der Waals surface area (Å²) >= 11 is 1.35. The van der Waals surface area contributed by atoms with Crippen molar-refractivity contribution < 1.29 is 14.3 Å². The van der Waals surface area contributed by atoms with Gasteiger partial charge in [-0.05, 0) is 34.1 Å². The van der Waals surface area contributed by atoms with E-state index in [1.165, 1.54) is 11.3 Å². The second-order valence-electron chi connectivity index (χ2n) is 4.64. The third kappa shape index (κ3) is 5.66. The Balaban J connectivity index is 2.27. The standard InChI is InChI=1S/C13H21N3O3S/c1-8(2)19-7-5-6-14-11(17)12(18)16-13-15-9(3)10(4)20-13/h8H,5-7H2,1-4H3,(H,14,17)(H,15,16,18). The molecule has 6 nitrogen and oxygen atoms in total. The fourth-order valence-corrected chi connectivity index (χ4v) is 2.16. The number of nitrogens with one attached hydrogen (secondary N) is 2. The fourth-order valence-electron chi connectivity index (χ4n) is 1.35. The summed E-state index contributed by atoms with van der Waals surface area (Å²) in [5.74, 6) is -1.34. The molecule has 0 aliphatic carbocycles. The monoisotopic (exact) mass is 299 g/mol. The van der Waals surface area contributed by atoms with Crippen LogP contribution in [-0.2, 0) is 14.3 Å². The van der Waals surface area contributed by atoms with E-state index in [9.17, 15) is 9.59 Å². The smallest absolute Gasteiger partial charge is 0.315 e. The lowest BCUT2D eigenvalue weighted by Crippen LogP contribution is -2.36. The molecule has 0 saturated heterocycles. The zero-order chi connectivity index (χ0) is 15.1. The van der Waals surface area contributed by atoms with Gasteiger partial charge in [-0.15, -0.1) is 11.3 Å². The largest absolute Gasteiger partial charge is 0.379 e. The number of carbonyl (C=O) groups is 2. The van der Waals surface area contributed by atoms with E-state index < -0.39 is 11.8 Å². The first-order valence-electron chi connectivity index (χ1n) is 6.55. The molecule has 0 radical (unpaired) electrons. The van der Waals surface area contributed by atoms with Gasteiger partial charge in [0, 0.05) is 18.0 Å². The lowest BCUT2D eigenvalue weighted by atomic mass is 10.4. The Morgan fingerprint density at radius 3 is 2.55 bits per heavy atom. The number of thiazole rings is 1. The minimum absolute atomic E-state index is 0.172. The predicted molar refractivity (Wildman–Crippen MR) is 78.9 cm³/mol. The van der Waals surface area contributed by atoms with Gasteiger partial charge in [0.25, 0.3) is 0 Å². The van der Waals surface area contributed by atoms with Crippen LogP contribution in [0.4, 0.5) is 5.13 Å². The van der Waals surface area contributed by atoms with Crippen LogP contribution in [0.25, 0.3) is 0 Å². The Hall–Kier alpha value is -1.47. The van der Waals surface area contributed by atoms with Crippen LogP contribution >= 0.6 is 11.3 Å². The van der Waals surface area contributed by atoms with E-state index in [0.29, 0.717) is 24.7 Å². The van der Waals surface area contributed by atoms with Gasteiger partial charge in [-0.25, -0.2) is 4.98 Å². The molecule has 20 heavy (non-hydrogen) atoms. The summed E-state index contributed by atoms with van der Waals surface area (Å²) in [6, 6.07) is 0. The number of aromatic nitrogens is 1. The number of rotatable bonds is 6. The van der Waals surface area contributed by atoms with Gasteiger partial charge in [-0.3, -0.25) is 14.9 Å². The molecule has 0 spiro atoms. The SMILES string of the molecule is Cc1nc(NC(=O)C(=O)NCCCOC(C)C)sc1C. The van der Waals surface area contributed by atoms with Crippen LogP contribution in [0.3, 0.4) is 0 Å². The van der Waals surface area contributed by atoms with Gasteiger partial charge in [0.05, 0.1) is 11.8 Å². The Kier molecular flexibility index (Phi) is 6.60. The number of aryl methyl sites for hydroxylation is 2. The minimum atomic E-state index is -0.691. The van der Waals surface area contributed by atoms with Crippen LogP contribution in [0.5, 0.6) is 0 Å². The molecule has 1 aromatic rings. The third-order valence-electron chi connectivity index (χ3n) is 2.51. The van der Waals surface area contributed by atoms with Crippen molar-refractivity contribution in [3.63, 3.8) is 0 Å². The van der Waals surface area contributed by atoms with Crippen molar-refractivity contribution in [2.75, 3.05) is 18.5 Å². The van der Waals surface area contributed by atoms with Gasteiger partial charge >= 0.3 is 11.8 Å². The van der Waals surface area contributed by atoms with Crippen molar-refractivity contribution in [2.45, 2.75) is 40.2 Å². The summed E-state index contributed by atoms with van der Waals surface area (Å²) < 4.78 is 5.34. The van der Waals surface area contributed by atoms with E-state index in [0.717, 1.165) is 10.6 Å². The van der Waals surface area contributed by atoms with Crippen LogP contribution in [0, 0.1) is 13.8 Å². The van der Waals surface area contributed by atoms with Crippen LogP contribution in [-0.4, -0.2) is 36.1 Å². The molecule has 0 fully saturated rings. The summed E-state index contributed by atoms with van der Waals surface area (Å²) in [6.45, 7) is 8.64. The van der Waals surface area contributed by atoms with E-state index in [-0.39, 0.29) is 6.10 Å². The van der Waals surface area contributed by atoms with Gasteiger partial charge in [0.15, 0.2) is 5.13 Å². The fraction of sp³-hybridized carbons (Fsp3) is 0.615. The zero-order valence-corrected chi connectivity index (χ0v) is 13.1. The van der Waals surface area contributed by atoms with E-state index in [1.807, 2.05) is 27.7 Å². The highest BCUT2D eigenvalue weighted by Crippen LogP contribution is 2.20. The summed E-state index contributed by atoms with van der Waals surface area (Å²) in [5.41, 5.74) is 0.858. The van der Waals surface area contributed by atoms with Crippen molar-refractivity contribution >= 4 is 28.3 Å². The first-order valence-corrected chi connectivity index (χ1v) is 7.36. The molecule has 0 aliphatic rings. The van der Waals surface area contributed by atoms with Crippen LogP contribution in [0.15, 0.2) is 0 Å². The zero-order valence-electron chi connectivity index (χ0n) is 12.3. The molecule has 2 amide bonds. The number of hydrogen-bond acceptors (Lipinski definition) is 5. The number of ether oxygens (including phenoxy) is 1. The Labute approximate surface area is 122 Å². The lowest BCUT2D eigenvalue weighted by molar-refractivity contribution is -0.136. The average molecular weight is 299 g/mol. The number of amides is 2. The van der Waals surface area contributed by atoms with Gasteiger partial charge in [-0.2, -0.15) is 0 Å². The number of nitrogens with zero attached hydrogens (tertiary/aromatic N) is 1. The molecule has 0 aromatic carbocycles. The van der Waals surface area contributed by atoms with Gasteiger partial charge < -0.3 is 10.1 Å². The summed E-state index contributed by atoms with van der Waals surface area (Å²) in [6.07, 6.45) is 0.845. The molecular formula is C13H21N3O3S. The van der Waals surface area contributed by atoms with E-state index in [1.54, 1.807) is 0 Å². The van der Waals surface area contributed by atoms with Gasteiger partial charge in [0.2, 0.25) is 0 Å². The van der Waals surface area contributed by atoms with Crippen LogP contribution in [0.2, 0.25) is 0 Å². The third-order valence-corrected chi connectivity index (χ3v) is 3.50. The summed E-state index contributed by atoms with van der Waals surface area (Å²) in [4.78, 5) is 28.3. The molecule has 0 saturated carbocycles. The topological polar surface area (TPSA) is 80.3 Å². The van der Waals surface area contributed by atoms with Crippen molar-refractivity contribution in [1.29, 1.82) is 0 Å². The molecule has 0 aliphatic heterocycles. The molecule has 1 heterocycles. The van der Waals surface area contributed by atoms with E-state index >= 15 is 0 Å². The molecule has 0 unspecified atom stereocenters. The molecule has 7 heteroatoms. The number of carbonyl (C=O) groups excluding carboxylic acids is 2. The minimum Gasteiger partial charge on any atom is -0.379 e. The average Bonchev–Trinajstić information content (AvgIpc) is 2.67. The molecular weight excluding hydrogens is 278 g/mol. The predicted octanol–water partition coefficient (Wildman–Crippen LogP) is 1.63. The summed E-state index contributed by atoms with van der Waals surface area (Å²) in [7, 11) is 0. The normalized spacial score (nSPS) is 10.7. The first-order chi connectivity index (χ1) is 9.40. The molecule has 0 bridgehead atoms. The summed E-state index contributed by atoms with van der Waals surface area (Å²) in [5, 5.41) is 5.48. The Bertz CT molecular complexity index is 452. The second kappa shape index (κ2) is 7.96. The molecule has 0 atom stereocenters.